The van der Waals surface area contributed by atoms with Crippen LogP contribution in [0, 0.1) is 11.8 Å². The lowest BCUT2D eigenvalue weighted by Crippen LogP contribution is -2.50. The van der Waals surface area contributed by atoms with Gasteiger partial charge in [0.05, 0.1) is 12.6 Å². The van der Waals surface area contributed by atoms with E-state index in [0.29, 0.717) is 13.0 Å². The fourth-order valence-corrected chi connectivity index (χ4v) is 2.29. The molecule has 20 heavy (non-hydrogen) atoms. The average Bonchev–Trinajstić information content (AvgIpc) is 2.76. The number of hydrogen-bond donors (Lipinski definition) is 3. The molecule has 1 aliphatic rings. The van der Waals surface area contributed by atoms with Gasteiger partial charge in [-0.25, -0.2) is 4.79 Å². The van der Waals surface area contributed by atoms with Gasteiger partial charge in [0.1, 0.15) is 6.04 Å². The van der Waals surface area contributed by atoms with Crippen molar-refractivity contribution in [1.29, 1.82) is 0 Å². The highest BCUT2D eigenvalue weighted by Crippen LogP contribution is 2.23. The normalized spacial score (nSPS) is 23.8. The number of carboxylic acids is 1. The molecule has 1 rings (SSSR count). The van der Waals surface area contributed by atoms with Crippen LogP contribution in [0.25, 0.3) is 0 Å². The number of aliphatic carboxylic acids is 1. The fraction of sp³-hybridized carbons (Fsp3) is 0.769. The number of rotatable bonds is 5. The van der Waals surface area contributed by atoms with E-state index >= 15 is 0 Å². The zero-order valence-electron chi connectivity index (χ0n) is 12.1. The van der Waals surface area contributed by atoms with Crippen LogP contribution in [0.5, 0.6) is 0 Å². The van der Waals surface area contributed by atoms with Crippen molar-refractivity contribution in [2.75, 3.05) is 13.1 Å². The second-order valence-electron chi connectivity index (χ2n) is 5.62. The van der Waals surface area contributed by atoms with Gasteiger partial charge in [0.2, 0.25) is 11.8 Å². The summed E-state index contributed by atoms with van der Waals surface area (Å²) in [5.41, 5.74) is 5.67. The van der Waals surface area contributed by atoms with E-state index in [9.17, 15) is 14.4 Å². The molecule has 114 valence electrons. The van der Waals surface area contributed by atoms with E-state index in [-0.39, 0.29) is 24.3 Å². The summed E-state index contributed by atoms with van der Waals surface area (Å²) >= 11 is 0. The molecule has 2 amide bonds. The summed E-state index contributed by atoms with van der Waals surface area (Å²) in [6.07, 6.45) is 0.655. The SMILES string of the molecule is CC1CCN(C(=O)CNC(=O)[C@@H](N)C(C)C)C1C(=O)O. The van der Waals surface area contributed by atoms with Crippen LogP contribution < -0.4 is 11.1 Å². The molecule has 0 radical (unpaired) electrons. The quantitative estimate of drug-likeness (QED) is 0.625. The van der Waals surface area contributed by atoms with Crippen molar-refractivity contribution in [3.8, 4) is 0 Å². The van der Waals surface area contributed by atoms with E-state index in [1.165, 1.54) is 4.90 Å². The molecule has 0 aromatic rings. The molecule has 2 unspecified atom stereocenters. The summed E-state index contributed by atoms with van der Waals surface area (Å²) < 4.78 is 0. The molecule has 0 aliphatic carbocycles. The van der Waals surface area contributed by atoms with E-state index in [2.05, 4.69) is 5.32 Å². The molecular weight excluding hydrogens is 262 g/mol. The van der Waals surface area contributed by atoms with Crippen LogP contribution >= 0.6 is 0 Å². The van der Waals surface area contributed by atoms with Gasteiger partial charge in [0.15, 0.2) is 0 Å². The number of hydrogen-bond acceptors (Lipinski definition) is 4. The highest BCUT2D eigenvalue weighted by atomic mass is 16.4. The van der Waals surface area contributed by atoms with E-state index in [4.69, 9.17) is 10.8 Å². The average molecular weight is 285 g/mol. The number of carbonyl (C=O) groups excluding carboxylic acids is 2. The summed E-state index contributed by atoms with van der Waals surface area (Å²) in [7, 11) is 0. The number of amides is 2. The first kappa shape index (κ1) is 16.4. The van der Waals surface area contributed by atoms with E-state index in [1.807, 2.05) is 13.8 Å². The van der Waals surface area contributed by atoms with Crippen LogP contribution in [0.4, 0.5) is 0 Å². The molecule has 1 fully saturated rings. The second-order valence-corrected chi connectivity index (χ2v) is 5.62. The number of likely N-dealkylation sites (tertiary alicyclic amines) is 1. The predicted octanol–water partition coefficient (Wildman–Crippen LogP) is -0.592. The van der Waals surface area contributed by atoms with Crippen molar-refractivity contribution < 1.29 is 19.5 Å². The minimum atomic E-state index is -1.01. The number of nitrogens with one attached hydrogen (secondary N) is 1. The molecule has 1 saturated heterocycles. The molecule has 4 N–H and O–H groups in total. The van der Waals surface area contributed by atoms with Gasteiger partial charge >= 0.3 is 5.97 Å². The molecule has 0 saturated carbocycles. The highest BCUT2D eigenvalue weighted by molar-refractivity contribution is 5.90. The van der Waals surface area contributed by atoms with Gasteiger partial charge in [-0.05, 0) is 18.3 Å². The van der Waals surface area contributed by atoms with Crippen LogP contribution in [0.3, 0.4) is 0 Å². The maximum absolute atomic E-state index is 12.0. The number of nitrogens with two attached hydrogens (primary N) is 1. The van der Waals surface area contributed by atoms with Crippen LogP contribution in [0.15, 0.2) is 0 Å². The Morgan fingerprint density at radius 2 is 2.00 bits per heavy atom. The Labute approximate surface area is 118 Å². The number of nitrogens with zero attached hydrogens (tertiary/aromatic N) is 1. The van der Waals surface area contributed by atoms with Gasteiger partial charge in [0, 0.05) is 6.54 Å². The summed E-state index contributed by atoms with van der Waals surface area (Å²) in [6.45, 7) is 5.63. The fourth-order valence-electron chi connectivity index (χ4n) is 2.29. The third-order valence-electron chi connectivity index (χ3n) is 3.71. The maximum Gasteiger partial charge on any atom is 0.326 e. The zero-order chi connectivity index (χ0) is 15.4. The van der Waals surface area contributed by atoms with Crippen LogP contribution in [0.1, 0.15) is 27.2 Å². The third kappa shape index (κ3) is 3.69. The predicted molar refractivity (Wildman–Crippen MR) is 72.7 cm³/mol. The van der Waals surface area contributed by atoms with Crippen molar-refractivity contribution >= 4 is 17.8 Å². The standard InChI is InChI=1S/C13H23N3O4/c1-7(2)10(14)12(18)15-6-9(17)16-5-4-8(3)11(16)13(19)20/h7-8,10-11H,4-6,14H2,1-3H3,(H,15,18)(H,19,20)/t8?,10-,11?/m0/s1. The molecule has 1 heterocycles. The Hall–Kier alpha value is -1.63. The molecule has 0 aromatic heterocycles. The van der Waals surface area contributed by atoms with Gasteiger partial charge in [-0.15, -0.1) is 0 Å². The Morgan fingerprint density at radius 1 is 1.40 bits per heavy atom. The lowest BCUT2D eigenvalue weighted by atomic mass is 10.0. The van der Waals surface area contributed by atoms with Gasteiger partial charge in [-0.1, -0.05) is 20.8 Å². The minimum Gasteiger partial charge on any atom is -0.480 e. The number of carboxylic acid groups (broad SMARTS) is 1. The maximum atomic E-state index is 12.0. The lowest BCUT2D eigenvalue weighted by Gasteiger charge is -2.24. The Bertz CT molecular complexity index is 397. The topological polar surface area (TPSA) is 113 Å². The number of carbonyl (C=O) groups is 3. The molecule has 1 aliphatic heterocycles. The van der Waals surface area contributed by atoms with Crippen molar-refractivity contribution in [3.63, 3.8) is 0 Å². The van der Waals surface area contributed by atoms with E-state index in [0.717, 1.165) is 0 Å². The molecule has 7 nitrogen and oxygen atoms in total. The van der Waals surface area contributed by atoms with Gasteiger partial charge in [-0.3, -0.25) is 9.59 Å². The zero-order valence-corrected chi connectivity index (χ0v) is 12.1. The molecule has 0 spiro atoms. The first-order valence-electron chi connectivity index (χ1n) is 6.81. The minimum absolute atomic E-state index is 0.0244. The van der Waals surface area contributed by atoms with Crippen molar-refractivity contribution in [2.45, 2.75) is 39.3 Å². The van der Waals surface area contributed by atoms with Gasteiger partial charge in [-0.2, -0.15) is 0 Å². The highest BCUT2D eigenvalue weighted by Gasteiger charge is 2.39. The Balaban J connectivity index is 2.55. The van der Waals surface area contributed by atoms with Gasteiger partial charge in [0.25, 0.3) is 0 Å². The summed E-state index contributed by atoms with van der Waals surface area (Å²) in [5, 5.41) is 11.6. The first-order chi connectivity index (χ1) is 9.25. The summed E-state index contributed by atoms with van der Waals surface area (Å²) in [6, 6.07) is -1.48. The Kier molecular flexibility index (Phi) is 5.50. The van der Waals surface area contributed by atoms with Crippen LogP contribution in [-0.4, -0.2) is 53.0 Å². The van der Waals surface area contributed by atoms with Crippen LogP contribution in [-0.2, 0) is 14.4 Å². The van der Waals surface area contributed by atoms with E-state index < -0.39 is 24.0 Å². The largest absolute Gasteiger partial charge is 0.480 e. The lowest BCUT2D eigenvalue weighted by molar-refractivity contribution is -0.149. The van der Waals surface area contributed by atoms with Crippen molar-refractivity contribution in [1.82, 2.24) is 10.2 Å². The third-order valence-corrected chi connectivity index (χ3v) is 3.71. The first-order valence-corrected chi connectivity index (χ1v) is 6.81. The molecule has 7 heteroatoms. The summed E-state index contributed by atoms with van der Waals surface area (Å²) in [4.78, 5) is 36.1. The second kappa shape index (κ2) is 6.69. The monoisotopic (exact) mass is 285 g/mol. The van der Waals surface area contributed by atoms with Gasteiger partial charge < -0.3 is 21.1 Å². The molecule has 0 aromatic carbocycles. The summed E-state index contributed by atoms with van der Waals surface area (Å²) in [5.74, 6) is -1.89. The van der Waals surface area contributed by atoms with Crippen LogP contribution in [0.2, 0.25) is 0 Å². The smallest absolute Gasteiger partial charge is 0.326 e. The molecular formula is C13H23N3O4. The molecule has 0 bridgehead atoms. The Morgan fingerprint density at radius 3 is 2.50 bits per heavy atom. The van der Waals surface area contributed by atoms with E-state index in [1.54, 1.807) is 6.92 Å². The molecule has 3 atom stereocenters. The van der Waals surface area contributed by atoms with Crippen molar-refractivity contribution in [2.24, 2.45) is 17.6 Å². The van der Waals surface area contributed by atoms with Crippen molar-refractivity contribution in [3.05, 3.63) is 0 Å².